The molecule has 0 N–H and O–H groups in total. The minimum Gasteiger partial charge on any atom is -0.314 e. The van der Waals surface area contributed by atoms with Crippen molar-refractivity contribution in [1.82, 2.24) is 0 Å². The lowest BCUT2D eigenvalue weighted by molar-refractivity contribution is 0.549. The standard InChI is InChI=1S/C46H46N4/c1-29-13-9-17-37(21-29)47-41-25-33(5)34(6)26-42(41)48(38-18-10-14-30(2)22-38)45(47)46-49(39-19-11-15-31(3)23-39)43-27-35(7)36(8)28-44(43)50(46)40-20-12-16-32(4)24-40/h9-28,45-46H,1-8H3. The van der Waals surface area contributed by atoms with Crippen LogP contribution in [0.5, 0.6) is 0 Å². The Hall–Kier alpha value is -5.48. The molecule has 50 heavy (non-hydrogen) atoms. The van der Waals surface area contributed by atoms with Crippen LogP contribution in [0.4, 0.5) is 45.5 Å². The van der Waals surface area contributed by atoms with Crippen LogP contribution < -0.4 is 19.6 Å². The van der Waals surface area contributed by atoms with Crippen molar-refractivity contribution in [2.75, 3.05) is 19.6 Å². The molecule has 0 fully saturated rings. The van der Waals surface area contributed by atoms with Crippen LogP contribution in [0.2, 0.25) is 0 Å². The first kappa shape index (κ1) is 31.8. The van der Waals surface area contributed by atoms with Crippen molar-refractivity contribution in [2.45, 2.75) is 67.7 Å². The lowest BCUT2D eigenvalue weighted by Crippen LogP contribution is -2.58. The van der Waals surface area contributed by atoms with Crippen molar-refractivity contribution in [3.63, 3.8) is 0 Å². The molecule has 2 aliphatic heterocycles. The van der Waals surface area contributed by atoms with Gasteiger partial charge in [-0.1, -0.05) is 48.5 Å². The van der Waals surface area contributed by atoms with Gasteiger partial charge in [-0.25, -0.2) is 0 Å². The molecular weight excluding hydrogens is 609 g/mol. The number of benzene rings is 6. The number of hydrogen-bond acceptors (Lipinski definition) is 4. The van der Waals surface area contributed by atoms with Crippen molar-refractivity contribution in [3.8, 4) is 0 Å². The number of fused-ring (bicyclic) bond motifs is 2. The highest BCUT2D eigenvalue weighted by atomic mass is 15.5. The number of hydrogen-bond donors (Lipinski definition) is 0. The number of rotatable bonds is 5. The fraction of sp³-hybridized carbons (Fsp3) is 0.217. The van der Waals surface area contributed by atoms with Crippen molar-refractivity contribution in [2.24, 2.45) is 0 Å². The molecule has 250 valence electrons. The third kappa shape index (κ3) is 5.22. The van der Waals surface area contributed by atoms with Gasteiger partial charge in [-0.15, -0.1) is 0 Å². The van der Waals surface area contributed by atoms with Crippen LogP contribution in [0.15, 0.2) is 121 Å². The molecule has 0 saturated carbocycles. The highest BCUT2D eigenvalue weighted by Crippen LogP contribution is 2.56. The predicted molar refractivity (Wildman–Crippen MR) is 213 cm³/mol. The smallest absolute Gasteiger partial charge is 0.151 e. The SMILES string of the molecule is Cc1cccc(N2c3cc(C)c(C)cc3N(c3cccc(C)c3)C2C2N(c3cccc(C)c3)c3cc(C)c(C)cc3N2c2cccc(C)c2)c1. The van der Waals surface area contributed by atoms with Crippen molar-refractivity contribution < 1.29 is 0 Å². The molecule has 2 aliphatic rings. The summed E-state index contributed by atoms with van der Waals surface area (Å²) >= 11 is 0. The maximum absolute atomic E-state index is 2.61. The van der Waals surface area contributed by atoms with E-state index in [1.165, 1.54) is 90.0 Å². The molecular formula is C46H46N4. The molecule has 0 unspecified atom stereocenters. The average Bonchev–Trinajstić information content (AvgIpc) is 3.57. The van der Waals surface area contributed by atoms with E-state index in [0.717, 1.165) is 0 Å². The van der Waals surface area contributed by atoms with E-state index in [2.05, 4.69) is 196 Å². The van der Waals surface area contributed by atoms with E-state index in [1.54, 1.807) is 0 Å². The molecule has 0 bridgehead atoms. The first-order chi connectivity index (χ1) is 24.1. The van der Waals surface area contributed by atoms with E-state index in [4.69, 9.17) is 0 Å². The second-order valence-electron chi connectivity index (χ2n) is 14.5. The van der Waals surface area contributed by atoms with Gasteiger partial charge in [0.1, 0.15) is 0 Å². The number of nitrogens with zero attached hydrogens (tertiary/aromatic N) is 4. The maximum atomic E-state index is 2.61. The van der Waals surface area contributed by atoms with Crippen LogP contribution in [0, 0.1) is 55.4 Å². The summed E-state index contributed by atoms with van der Waals surface area (Å²) in [6, 6.07) is 45.7. The normalized spacial score (nSPS) is 14.5. The van der Waals surface area contributed by atoms with Gasteiger partial charge in [0.15, 0.2) is 12.3 Å². The maximum Gasteiger partial charge on any atom is 0.151 e. The van der Waals surface area contributed by atoms with Gasteiger partial charge in [0.2, 0.25) is 0 Å². The minimum atomic E-state index is -0.163. The summed E-state index contributed by atoms with van der Waals surface area (Å²) in [4.78, 5) is 10.4. The van der Waals surface area contributed by atoms with Crippen molar-refractivity contribution in [3.05, 3.63) is 166 Å². The predicted octanol–water partition coefficient (Wildman–Crippen LogP) is 12.1. The fourth-order valence-corrected chi connectivity index (χ4v) is 7.96. The quantitative estimate of drug-likeness (QED) is 0.183. The van der Waals surface area contributed by atoms with Crippen LogP contribution in [-0.4, -0.2) is 12.3 Å². The average molecular weight is 655 g/mol. The molecule has 0 amide bonds. The van der Waals surface area contributed by atoms with Crippen LogP contribution in [0.1, 0.15) is 44.5 Å². The zero-order valence-electron chi connectivity index (χ0n) is 30.5. The number of aryl methyl sites for hydroxylation is 8. The Morgan fingerprint density at radius 1 is 0.300 bits per heavy atom. The molecule has 0 atom stereocenters. The molecule has 0 saturated heterocycles. The van der Waals surface area contributed by atoms with Crippen molar-refractivity contribution in [1.29, 1.82) is 0 Å². The second-order valence-corrected chi connectivity index (χ2v) is 14.5. The summed E-state index contributed by atoms with van der Waals surface area (Å²) < 4.78 is 0. The Labute approximate surface area is 297 Å². The number of anilines is 8. The zero-order valence-corrected chi connectivity index (χ0v) is 30.5. The van der Waals surface area contributed by atoms with E-state index < -0.39 is 0 Å². The molecule has 2 heterocycles. The van der Waals surface area contributed by atoms with Crippen LogP contribution in [0.3, 0.4) is 0 Å². The fourth-order valence-electron chi connectivity index (χ4n) is 7.96. The Morgan fingerprint density at radius 3 is 0.720 bits per heavy atom. The topological polar surface area (TPSA) is 13.0 Å². The Balaban J connectivity index is 1.50. The molecule has 0 radical (unpaired) electrons. The van der Waals surface area contributed by atoms with Gasteiger partial charge >= 0.3 is 0 Å². The second kappa shape index (κ2) is 12.1. The van der Waals surface area contributed by atoms with Crippen LogP contribution >= 0.6 is 0 Å². The van der Waals surface area contributed by atoms with Gasteiger partial charge in [0.05, 0.1) is 22.7 Å². The molecule has 6 aromatic carbocycles. The van der Waals surface area contributed by atoms with Gasteiger partial charge < -0.3 is 19.6 Å². The molecule has 0 spiro atoms. The molecule has 4 heteroatoms. The monoisotopic (exact) mass is 654 g/mol. The zero-order chi connectivity index (χ0) is 34.8. The van der Waals surface area contributed by atoms with Crippen LogP contribution in [-0.2, 0) is 0 Å². The molecule has 6 aromatic rings. The highest BCUT2D eigenvalue weighted by molar-refractivity contribution is 5.95. The summed E-state index contributed by atoms with van der Waals surface area (Å²) in [5.41, 5.74) is 19.8. The summed E-state index contributed by atoms with van der Waals surface area (Å²) in [5, 5.41) is 0. The van der Waals surface area contributed by atoms with Gasteiger partial charge in [0.25, 0.3) is 0 Å². The van der Waals surface area contributed by atoms with Crippen LogP contribution in [0.25, 0.3) is 0 Å². The van der Waals surface area contributed by atoms with E-state index in [1.807, 2.05) is 0 Å². The van der Waals surface area contributed by atoms with Gasteiger partial charge in [-0.2, -0.15) is 0 Å². The van der Waals surface area contributed by atoms with E-state index in [0.29, 0.717) is 0 Å². The van der Waals surface area contributed by atoms with E-state index in [-0.39, 0.29) is 12.3 Å². The Kier molecular flexibility index (Phi) is 7.71. The van der Waals surface area contributed by atoms with Gasteiger partial charge in [0, 0.05) is 22.7 Å². The van der Waals surface area contributed by atoms with E-state index >= 15 is 0 Å². The van der Waals surface area contributed by atoms with E-state index in [9.17, 15) is 0 Å². The summed E-state index contributed by atoms with van der Waals surface area (Å²) in [5.74, 6) is 0. The summed E-state index contributed by atoms with van der Waals surface area (Å²) in [6.07, 6.45) is -0.326. The molecule has 0 aromatic heterocycles. The Morgan fingerprint density at radius 2 is 0.520 bits per heavy atom. The molecule has 4 nitrogen and oxygen atoms in total. The Bertz CT molecular complexity index is 1950. The highest BCUT2D eigenvalue weighted by Gasteiger charge is 2.52. The largest absolute Gasteiger partial charge is 0.314 e. The molecule has 8 rings (SSSR count). The van der Waals surface area contributed by atoms with Gasteiger partial charge in [-0.05, 0) is 173 Å². The first-order valence-corrected chi connectivity index (χ1v) is 17.7. The lowest BCUT2D eigenvalue weighted by Gasteiger charge is -2.44. The first-order valence-electron chi connectivity index (χ1n) is 17.7. The van der Waals surface area contributed by atoms with Gasteiger partial charge in [-0.3, -0.25) is 0 Å². The minimum absolute atomic E-state index is 0.163. The third-order valence-corrected chi connectivity index (χ3v) is 10.7. The molecule has 0 aliphatic carbocycles. The third-order valence-electron chi connectivity index (χ3n) is 10.7. The van der Waals surface area contributed by atoms with Crippen molar-refractivity contribution >= 4 is 45.5 Å². The summed E-state index contributed by atoms with van der Waals surface area (Å²) in [7, 11) is 0. The lowest BCUT2D eigenvalue weighted by atomic mass is 10.1. The summed E-state index contributed by atoms with van der Waals surface area (Å²) in [6.45, 7) is 17.7.